The summed E-state index contributed by atoms with van der Waals surface area (Å²) in [5.41, 5.74) is 7.63. The van der Waals surface area contributed by atoms with Crippen LogP contribution in [0.4, 0.5) is 0 Å². The molecule has 2 saturated heterocycles. The van der Waals surface area contributed by atoms with Crippen molar-refractivity contribution >= 4 is 47.4 Å². The number of likely N-dealkylation sites (tertiary alicyclic amines) is 2. The van der Waals surface area contributed by atoms with Gasteiger partial charge in [0.05, 0.1) is 29.7 Å². The number of benzene rings is 3. The second-order valence-corrected chi connectivity index (χ2v) is 12.1. The average molecular weight is 647 g/mol. The lowest BCUT2D eigenvalue weighted by Gasteiger charge is -2.49. The van der Waals surface area contributed by atoms with Crippen LogP contribution in [0.25, 0.3) is 0 Å². The highest BCUT2D eigenvalue weighted by molar-refractivity contribution is 6.42. The first-order valence-electron chi connectivity index (χ1n) is 14.3. The van der Waals surface area contributed by atoms with Crippen LogP contribution >= 0.6 is 35.6 Å². The first-order valence-corrected chi connectivity index (χ1v) is 15.0. The second kappa shape index (κ2) is 13.8. The lowest BCUT2D eigenvalue weighted by atomic mass is 9.62. The number of hydrogen-bond acceptors (Lipinski definition) is 5. The van der Waals surface area contributed by atoms with Crippen molar-refractivity contribution in [1.29, 1.82) is 0 Å². The number of carbonyl (C=O) groups is 2. The van der Waals surface area contributed by atoms with Gasteiger partial charge in [-0.1, -0.05) is 65.7 Å². The lowest BCUT2D eigenvalue weighted by molar-refractivity contribution is -0.126. The molecule has 0 bridgehead atoms. The maximum atomic E-state index is 13.6. The summed E-state index contributed by atoms with van der Waals surface area (Å²) in [5.74, 6) is 0.575. The summed E-state index contributed by atoms with van der Waals surface area (Å²) >= 11 is 12.8. The van der Waals surface area contributed by atoms with Gasteiger partial charge in [-0.05, 0) is 67.6 Å². The van der Waals surface area contributed by atoms with Gasteiger partial charge in [0.1, 0.15) is 17.1 Å². The van der Waals surface area contributed by atoms with Crippen LogP contribution in [0.15, 0.2) is 66.7 Å². The van der Waals surface area contributed by atoms with Gasteiger partial charge in [-0.2, -0.15) is 0 Å². The first-order chi connectivity index (χ1) is 20.2. The topological polar surface area (TPSA) is 85.1 Å². The number of carbonyl (C=O) groups excluding carboxylic acids is 2. The molecule has 43 heavy (non-hydrogen) atoms. The molecule has 230 valence electrons. The van der Waals surface area contributed by atoms with E-state index in [-0.39, 0.29) is 42.1 Å². The Morgan fingerprint density at radius 3 is 2.21 bits per heavy atom. The van der Waals surface area contributed by atoms with Gasteiger partial charge in [-0.15, -0.1) is 12.4 Å². The molecule has 2 aliphatic heterocycles. The van der Waals surface area contributed by atoms with E-state index in [4.69, 9.17) is 38.4 Å². The summed E-state index contributed by atoms with van der Waals surface area (Å²) in [5, 5.41) is 0.913. The quantitative estimate of drug-likeness (QED) is 0.315. The van der Waals surface area contributed by atoms with Crippen molar-refractivity contribution < 1.29 is 19.1 Å². The highest BCUT2D eigenvalue weighted by atomic mass is 35.5. The molecule has 0 aromatic heterocycles. The molecular weight excluding hydrogens is 609 g/mol. The minimum Gasteiger partial charge on any atom is -0.496 e. The molecule has 2 aliphatic rings. The predicted molar refractivity (Wildman–Crippen MR) is 173 cm³/mol. The van der Waals surface area contributed by atoms with Crippen LogP contribution in [0.5, 0.6) is 11.5 Å². The highest BCUT2D eigenvalue weighted by Gasteiger charge is 2.51. The Morgan fingerprint density at radius 2 is 1.60 bits per heavy atom. The third kappa shape index (κ3) is 6.18. The number of amides is 2. The van der Waals surface area contributed by atoms with Gasteiger partial charge < -0.3 is 20.1 Å². The Morgan fingerprint density at radius 1 is 0.930 bits per heavy atom. The Hall–Kier alpha value is -2.97. The minimum atomic E-state index is -0.896. The van der Waals surface area contributed by atoms with E-state index < -0.39 is 5.41 Å². The predicted octanol–water partition coefficient (Wildman–Crippen LogP) is 6.20. The molecule has 2 N–H and O–H groups in total. The highest BCUT2D eigenvalue weighted by Crippen LogP contribution is 2.47. The van der Waals surface area contributed by atoms with E-state index in [2.05, 4.69) is 11.8 Å². The average Bonchev–Trinajstić information content (AvgIpc) is 3.51. The van der Waals surface area contributed by atoms with Crippen molar-refractivity contribution in [2.24, 2.45) is 11.7 Å². The van der Waals surface area contributed by atoms with Gasteiger partial charge >= 0.3 is 0 Å². The number of nitrogens with zero attached hydrogens (tertiary/aromatic N) is 2. The fourth-order valence-electron chi connectivity index (χ4n) is 6.87. The molecule has 0 spiro atoms. The molecule has 0 radical (unpaired) electrons. The van der Waals surface area contributed by atoms with Crippen LogP contribution in [0, 0.1) is 5.92 Å². The van der Waals surface area contributed by atoms with E-state index in [0.29, 0.717) is 59.7 Å². The summed E-state index contributed by atoms with van der Waals surface area (Å²) in [6.07, 6.45) is 1.44. The van der Waals surface area contributed by atoms with Crippen LogP contribution < -0.4 is 15.2 Å². The second-order valence-electron chi connectivity index (χ2n) is 11.3. The summed E-state index contributed by atoms with van der Waals surface area (Å²) in [6.45, 7) is 4.79. The number of hydrogen-bond donors (Lipinski definition) is 1. The fraction of sp³-hybridized carbons (Fsp3) is 0.394. The molecule has 10 heteroatoms. The number of ether oxygens (including phenoxy) is 2. The number of piperidine rings is 1. The van der Waals surface area contributed by atoms with Gasteiger partial charge in [0.25, 0.3) is 5.91 Å². The Bertz CT molecular complexity index is 1430. The van der Waals surface area contributed by atoms with Crippen LogP contribution in [0.2, 0.25) is 10.0 Å². The number of rotatable bonds is 8. The van der Waals surface area contributed by atoms with Crippen molar-refractivity contribution in [1.82, 2.24) is 9.80 Å². The van der Waals surface area contributed by atoms with E-state index >= 15 is 0 Å². The number of nitrogens with two attached hydrogens (primary N) is 1. The molecule has 0 aliphatic carbocycles. The normalized spacial score (nSPS) is 22.9. The fourth-order valence-corrected chi connectivity index (χ4v) is 7.17. The molecule has 7 nitrogen and oxygen atoms in total. The Kier molecular flexibility index (Phi) is 10.5. The zero-order valence-electron chi connectivity index (χ0n) is 24.6. The van der Waals surface area contributed by atoms with Gasteiger partial charge in [-0.3, -0.25) is 14.5 Å². The molecule has 0 saturated carbocycles. The maximum absolute atomic E-state index is 13.6. The van der Waals surface area contributed by atoms with Crippen LogP contribution in [-0.4, -0.2) is 68.1 Å². The van der Waals surface area contributed by atoms with Crippen molar-refractivity contribution in [3.8, 4) is 11.5 Å². The smallest absolute Gasteiger partial charge is 0.261 e. The monoisotopic (exact) mass is 645 g/mol. The van der Waals surface area contributed by atoms with Crippen molar-refractivity contribution in [2.45, 2.75) is 37.1 Å². The molecule has 3 aromatic rings. The molecule has 2 amide bonds. The van der Waals surface area contributed by atoms with Crippen molar-refractivity contribution in [3.63, 3.8) is 0 Å². The van der Waals surface area contributed by atoms with Gasteiger partial charge in [0.15, 0.2) is 0 Å². The standard InChI is InChI=1S/C33H37Cl2N3O4.ClH/c1-21(23-14-16-38(19-23)31(39)30-28(41-2)10-7-11-29(30)42-3)37-17-15-33(32(36)40,24-8-5-4-6-9-24)25(20-37)22-12-13-26(34)27(35)18-22;/h4-13,18,21,23,25H,14-17,19-20H2,1-3H3,(H2,36,40);1H. The summed E-state index contributed by atoms with van der Waals surface area (Å²) in [6, 6.07) is 20.9. The Labute approximate surface area is 269 Å². The van der Waals surface area contributed by atoms with E-state index in [1.807, 2.05) is 53.4 Å². The zero-order chi connectivity index (χ0) is 30.0. The van der Waals surface area contributed by atoms with Gasteiger partial charge in [0.2, 0.25) is 5.91 Å². The first kappa shape index (κ1) is 32.9. The molecular formula is C33H38Cl3N3O4. The number of primary amides is 1. The third-order valence-electron chi connectivity index (χ3n) is 9.29. The third-order valence-corrected chi connectivity index (χ3v) is 10.0. The van der Waals surface area contributed by atoms with E-state index in [0.717, 1.165) is 17.5 Å². The van der Waals surface area contributed by atoms with Gasteiger partial charge in [0, 0.05) is 31.6 Å². The molecule has 4 unspecified atom stereocenters. The summed E-state index contributed by atoms with van der Waals surface area (Å²) in [4.78, 5) is 31.3. The van der Waals surface area contributed by atoms with Crippen LogP contribution in [-0.2, 0) is 10.2 Å². The minimum absolute atomic E-state index is 0. The molecule has 3 aromatic carbocycles. The largest absolute Gasteiger partial charge is 0.496 e. The lowest BCUT2D eigenvalue weighted by Crippen LogP contribution is -2.57. The molecule has 2 heterocycles. The van der Waals surface area contributed by atoms with Crippen LogP contribution in [0.1, 0.15) is 47.2 Å². The SMILES string of the molecule is COc1cccc(OC)c1C(=O)N1CCC(C(C)N2CCC(C(N)=O)(c3ccccc3)C(c3ccc(Cl)c(Cl)c3)C2)C1.Cl. The molecule has 2 fully saturated rings. The van der Waals surface area contributed by atoms with E-state index in [1.54, 1.807) is 32.4 Å². The maximum Gasteiger partial charge on any atom is 0.261 e. The van der Waals surface area contributed by atoms with Crippen molar-refractivity contribution in [3.05, 3.63) is 93.5 Å². The molecule has 4 atom stereocenters. The summed E-state index contributed by atoms with van der Waals surface area (Å²) < 4.78 is 11.0. The van der Waals surface area contributed by atoms with E-state index in [9.17, 15) is 9.59 Å². The van der Waals surface area contributed by atoms with E-state index in [1.165, 1.54) is 0 Å². The molecule has 5 rings (SSSR count). The van der Waals surface area contributed by atoms with Crippen molar-refractivity contribution in [2.75, 3.05) is 40.4 Å². The number of methoxy groups -OCH3 is 2. The zero-order valence-corrected chi connectivity index (χ0v) is 26.9. The van der Waals surface area contributed by atoms with Gasteiger partial charge in [-0.25, -0.2) is 0 Å². The van der Waals surface area contributed by atoms with Crippen LogP contribution in [0.3, 0.4) is 0 Å². The Balaban J connectivity index is 0.00000423. The number of halogens is 3. The summed E-state index contributed by atoms with van der Waals surface area (Å²) in [7, 11) is 3.12.